The Balaban J connectivity index is 2.09. The van der Waals surface area contributed by atoms with Crippen LogP contribution in [0.15, 0.2) is 47.5 Å². The normalized spacial score (nSPS) is 11.0. The van der Waals surface area contributed by atoms with Gasteiger partial charge >= 0.3 is 6.03 Å². The van der Waals surface area contributed by atoms with Gasteiger partial charge in [-0.25, -0.2) is 22.9 Å². The maximum Gasteiger partial charge on any atom is 0.317 e. The fourth-order valence-corrected chi connectivity index (χ4v) is 2.31. The Bertz CT molecular complexity index is 758. The lowest BCUT2D eigenvalue weighted by atomic mass is 10.3. The van der Waals surface area contributed by atoms with Crippen LogP contribution in [0.3, 0.4) is 0 Å². The van der Waals surface area contributed by atoms with E-state index in [1.165, 1.54) is 43.6 Å². The molecule has 0 aliphatic heterocycles. The van der Waals surface area contributed by atoms with E-state index in [1.54, 1.807) is 6.07 Å². The zero-order chi connectivity index (χ0) is 16.2. The van der Waals surface area contributed by atoms with Crippen LogP contribution in [0, 0.1) is 0 Å². The first-order chi connectivity index (χ1) is 10.4. The van der Waals surface area contributed by atoms with Gasteiger partial charge in [0.2, 0.25) is 10.0 Å². The Labute approximate surface area is 127 Å². The molecule has 0 atom stereocenters. The van der Waals surface area contributed by atoms with Crippen LogP contribution >= 0.6 is 0 Å². The number of nitrogens with two attached hydrogens (primary N) is 1. The zero-order valence-corrected chi connectivity index (χ0v) is 12.4. The van der Waals surface area contributed by atoms with Crippen molar-refractivity contribution >= 4 is 21.9 Å². The minimum atomic E-state index is -3.47. The molecule has 0 bridgehead atoms. The highest BCUT2D eigenvalue weighted by Crippen LogP contribution is 2.23. The van der Waals surface area contributed by atoms with Crippen molar-refractivity contribution in [3.05, 3.63) is 42.6 Å². The van der Waals surface area contributed by atoms with Gasteiger partial charge in [0.05, 0.1) is 11.1 Å². The summed E-state index contributed by atoms with van der Waals surface area (Å²) in [7, 11) is -2.13. The van der Waals surface area contributed by atoms with Crippen molar-refractivity contribution in [2.24, 2.45) is 5.73 Å². The number of nitrogens with one attached hydrogen (secondary N) is 2. The number of sulfonamides is 1. The summed E-state index contributed by atoms with van der Waals surface area (Å²) in [6.45, 7) is 0. The third-order valence-electron chi connectivity index (χ3n) is 2.63. The third-order valence-corrected chi connectivity index (χ3v) is 4.06. The molecule has 2 aromatic rings. The lowest BCUT2D eigenvalue weighted by Gasteiger charge is -2.07. The molecule has 0 aliphatic carbocycles. The lowest BCUT2D eigenvalue weighted by Crippen LogP contribution is -2.19. The summed E-state index contributed by atoms with van der Waals surface area (Å²) >= 11 is 0. The summed E-state index contributed by atoms with van der Waals surface area (Å²) in [6, 6.07) is 8.33. The van der Waals surface area contributed by atoms with Crippen LogP contribution in [0.5, 0.6) is 11.5 Å². The van der Waals surface area contributed by atoms with E-state index >= 15 is 0 Å². The van der Waals surface area contributed by atoms with Gasteiger partial charge < -0.3 is 10.5 Å². The molecule has 0 unspecified atom stereocenters. The molecular formula is C13H14N4O4S. The number of pyridine rings is 1. The number of amides is 2. The number of primary amides is 1. The number of nitrogens with zero attached hydrogens (tertiary/aromatic N) is 1. The van der Waals surface area contributed by atoms with Crippen molar-refractivity contribution in [2.75, 3.05) is 12.4 Å². The molecule has 2 rings (SSSR count). The Morgan fingerprint density at radius 2 is 1.77 bits per heavy atom. The van der Waals surface area contributed by atoms with Gasteiger partial charge in [-0.2, -0.15) is 0 Å². The molecule has 9 heteroatoms. The van der Waals surface area contributed by atoms with E-state index in [2.05, 4.69) is 15.0 Å². The van der Waals surface area contributed by atoms with Crippen LogP contribution < -0.4 is 20.5 Å². The molecule has 0 saturated carbocycles. The summed E-state index contributed by atoms with van der Waals surface area (Å²) < 4.78 is 30.9. The van der Waals surface area contributed by atoms with Crippen LogP contribution in [-0.4, -0.2) is 26.5 Å². The van der Waals surface area contributed by atoms with E-state index in [0.29, 0.717) is 17.3 Å². The second-order valence-electron chi connectivity index (χ2n) is 4.15. The highest BCUT2D eigenvalue weighted by atomic mass is 32.2. The quantitative estimate of drug-likeness (QED) is 0.765. The summed E-state index contributed by atoms with van der Waals surface area (Å²) in [5, 5.41) is 2.32. The molecule has 2 amide bonds. The van der Waals surface area contributed by atoms with Gasteiger partial charge in [-0.3, -0.25) is 5.32 Å². The molecule has 1 heterocycles. The summed E-state index contributed by atoms with van der Waals surface area (Å²) in [4.78, 5) is 14.8. The predicted octanol–water partition coefficient (Wildman–Crippen LogP) is 1.27. The first-order valence-corrected chi connectivity index (χ1v) is 7.63. The minimum Gasteiger partial charge on any atom is -0.456 e. The lowest BCUT2D eigenvalue weighted by molar-refractivity contribution is 0.259. The smallest absolute Gasteiger partial charge is 0.317 e. The molecule has 0 radical (unpaired) electrons. The van der Waals surface area contributed by atoms with Crippen LogP contribution in [0.25, 0.3) is 0 Å². The monoisotopic (exact) mass is 322 g/mol. The number of rotatable bonds is 5. The Hall–Kier alpha value is -2.65. The highest BCUT2D eigenvalue weighted by Gasteiger charge is 2.10. The van der Waals surface area contributed by atoms with Crippen LogP contribution in [0.2, 0.25) is 0 Å². The van der Waals surface area contributed by atoms with Crippen molar-refractivity contribution in [1.29, 1.82) is 0 Å². The van der Waals surface area contributed by atoms with E-state index in [-0.39, 0.29) is 4.90 Å². The molecule has 22 heavy (non-hydrogen) atoms. The van der Waals surface area contributed by atoms with Gasteiger partial charge in [0.15, 0.2) is 0 Å². The molecular weight excluding hydrogens is 308 g/mol. The molecule has 1 aromatic carbocycles. The van der Waals surface area contributed by atoms with E-state index in [4.69, 9.17) is 10.5 Å². The van der Waals surface area contributed by atoms with E-state index in [0.717, 1.165) is 0 Å². The minimum absolute atomic E-state index is 0.140. The van der Waals surface area contributed by atoms with Gasteiger partial charge in [-0.1, -0.05) is 0 Å². The Kier molecular flexibility index (Phi) is 4.59. The highest BCUT2D eigenvalue weighted by molar-refractivity contribution is 7.89. The first kappa shape index (κ1) is 15.7. The van der Waals surface area contributed by atoms with Crippen molar-refractivity contribution in [1.82, 2.24) is 9.71 Å². The number of urea groups is 1. The number of benzene rings is 1. The van der Waals surface area contributed by atoms with Crippen LogP contribution in [0.4, 0.5) is 10.6 Å². The van der Waals surface area contributed by atoms with Crippen molar-refractivity contribution in [3.8, 4) is 11.5 Å². The summed E-state index contributed by atoms with van der Waals surface area (Å²) in [6.07, 6.45) is 1.41. The van der Waals surface area contributed by atoms with Crippen LogP contribution in [-0.2, 0) is 10.0 Å². The van der Waals surface area contributed by atoms with Crippen molar-refractivity contribution in [3.63, 3.8) is 0 Å². The maximum absolute atomic E-state index is 11.6. The molecule has 8 nitrogen and oxygen atoms in total. The average Bonchev–Trinajstić information content (AvgIpc) is 2.49. The second-order valence-corrected chi connectivity index (χ2v) is 6.04. The Morgan fingerprint density at radius 3 is 2.27 bits per heavy atom. The number of ether oxygens (including phenoxy) is 1. The average molecular weight is 322 g/mol. The van der Waals surface area contributed by atoms with Gasteiger partial charge in [-0.05, 0) is 43.4 Å². The molecule has 0 spiro atoms. The fraction of sp³-hybridized carbons (Fsp3) is 0.0769. The van der Waals surface area contributed by atoms with Gasteiger partial charge in [-0.15, -0.1) is 0 Å². The second kappa shape index (κ2) is 6.41. The SMILES string of the molecule is CNS(=O)(=O)c1ccc(Oc2ccc(NC(N)=O)nc2)cc1. The molecule has 1 aromatic heterocycles. The molecule has 116 valence electrons. The number of carbonyl (C=O) groups is 1. The third kappa shape index (κ3) is 3.93. The molecule has 0 fully saturated rings. The van der Waals surface area contributed by atoms with Gasteiger partial charge in [0.1, 0.15) is 17.3 Å². The summed E-state index contributed by atoms with van der Waals surface area (Å²) in [5.74, 6) is 1.18. The topological polar surface area (TPSA) is 123 Å². The van der Waals surface area contributed by atoms with E-state index in [9.17, 15) is 13.2 Å². The number of hydrogen-bond acceptors (Lipinski definition) is 5. The van der Waals surface area contributed by atoms with E-state index in [1.807, 2.05) is 0 Å². The van der Waals surface area contributed by atoms with Gasteiger partial charge in [0, 0.05) is 0 Å². The fourth-order valence-electron chi connectivity index (χ4n) is 1.58. The Morgan fingerprint density at radius 1 is 1.14 bits per heavy atom. The molecule has 0 saturated heterocycles. The number of carbonyl (C=O) groups excluding carboxylic acids is 1. The van der Waals surface area contributed by atoms with Crippen LogP contribution in [0.1, 0.15) is 0 Å². The predicted molar refractivity (Wildman–Crippen MR) is 80.2 cm³/mol. The largest absolute Gasteiger partial charge is 0.456 e. The maximum atomic E-state index is 11.6. The molecule has 4 N–H and O–H groups in total. The zero-order valence-electron chi connectivity index (χ0n) is 11.6. The van der Waals surface area contributed by atoms with Gasteiger partial charge in [0.25, 0.3) is 0 Å². The van der Waals surface area contributed by atoms with E-state index < -0.39 is 16.1 Å². The number of hydrogen-bond donors (Lipinski definition) is 3. The summed E-state index contributed by atoms with van der Waals surface area (Å²) in [5.41, 5.74) is 4.97. The number of aromatic nitrogens is 1. The van der Waals surface area contributed by atoms with Crippen molar-refractivity contribution in [2.45, 2.75) is 4.90 Å². The number of anilines is 1. The first-order valence-electron chi connectivity index (χ1n) is 6.15. The standard InChI is InChI=1S/C13H14N4O4S/c1-15-22(19,20)11-5-2-9(3-6-11)21-10-4-7-12(16-8-10)17-13(14)18/h2-8,15H,1H3,(H3,14,16,17,18). The molecule has 0 aliphatic rings. The van der Waals surface area contributed by atoms with Crippen molar-refractivity contribution < 1.29 is 17.9 Å².